The summed E-state index contributed by atoms with van der Waals surface area (Å²) in [6, 6.07) is 9.74. The number of nitro benzene ring substituents is 1. The Hall–Kier alpha value is -3.56. The summed E-state index contributed by atoms with van der Waals surface area (Å²) in [4.78, 5) is 33.8. The van der Waals surface area contributed by atoms with Gasteiger partial charge in [0.05, 0.1) is 4.92 Å². The number of hydrogen-bond acceptors (Lipinski definition) is 5. The van der Waals surface area contributed by atoms with Crippen LogP contribution >= 0.6 is 0 Å². The van der Waals surface area contributed by atoms with Crippen LogP contribution in [0.15, 0.2) is 48.5 Å². The standard InChI is InChI=1S/C15H11F2N3O5/c16-15(17)25-12-6-4-9(5-7-12)13(21)18-19-14(22)10-2-1-3-11(8-10)20(23)24/h1-8,15H,(H,18,21)(H,19,22). The van der Waals surface area contributed by atoms with Crippen molar-refractivity contribution in [2.45, 2.75) is 6.61 Å². The monoisotopic (exact) mass is 351 g/mol. The van der Waals surface area contributed by atoms with E-state index >= 15 is 0 Å². The summed E-state index contributed by atoms with van der Waals surface area (Å²) in [7, 11) is 0. The molecule has 8 nitrogen and oxygen atoms in total. The molecule has 2 amide bonds. The average molecular weight is 351 g/mol. The van der Waals surface area contributed by atoms with Gasteiger partial charge < -0.3 is 4.74 Å². The van der Waals surface area contributed by atoms with Gasteiger partial charge in [-0.15, -0.1) is 0 Å². The fourth-order valence-corrected chi connectivity index (χ4v) is 1.81. The number of non-ortho nitro benzene ring substituents is 1. The third-order valence-corrected chi connectivity index (χ3v) is 2.95. The first-order valence-electron chi connectivity index (χ1n) is 6.77. The average Bonchev–Trinajstić information content (AvgIpc) is 2.59. The summed E-state index contributed by atoms with van der Waals surface area (Å²) in [5, 5.41) is 10.7. The van der Waals surface area contributed by atoms with E-state index in [0.29, 0.717) is 0 Å². The molecule has 0 aliphatic carbocycles. The maximum Gasteiger partial charge on any atom is 0.387 e. The van der Waals surface area contributed by atoms with E-state index in [2.05, 4.69) is 15.6 Å². The van der Waals surface area contributed by atoms with Crippen LogP contribution in [-0.4, -0.2) is 23.3 Å². The van der Waals surface area contributed by atoms with E-state index in [4.69, 9.17) is 0 Å². The second-order valence-electron chi connectivity index (χ2n) is 4.62. The molecule has 2 aromatic rings. The third-order valence-electron chi connectivity index (χ3n) is 2.95. The van der Waals surface area contributed by atoms with Gasteiger partial charge in [0.25, 0.3) is 17.5 Å². The number of halogens is 2. The summed E-state index contributed by atoms with van der Waals surface area (Å²) >= 11 is 0. The van der Waals surface area contributed by atoms with Crippen LogP contribution < -0.4 is 15.6 Å². The van der Waals surface area contributed by atoms with E-state index in [-0.39, 0.29) is 22.6 Å². The van der Waals surface area contributed by atoms with E-state index in [1.165, 1.54) is 42.5 Å². The summed E-state index contributed by atoms with van der Waals surface area (Å²) in [5.74, 6) is -1.58. The smallest absolute Gasteiger partial charge is 0.387 e. The Balaban J connectivity index is 1.96. The number of carbonyl (C=O) groups is 2. The van der Waals surface area contributed by atoms with Crippen LogP contribution in [-0.2, 0) is 0 Å². The quantitative estimate of drug-likeness (QED) is 0.634. The molecule has 2 aromatic carbocycles. The first-order chi connectivity index (χ1) is 11.9. The highest BCUT2D eigenvalue weighted by atomic mass is 19.3. The SMILES string of the molecule is O=C(NNC(=O)c1cccc([N+](=O)[O-])c1)c1ccc(OC(F)F)cc1. The van der Waals surface area contributed by atoms with Crippen LogP contribution in [0.4, 0.5) is 14.5 Å². The number of carbonyl (C=O) groups excluding carboxylic acids is 2. The van der Waals surface area contributed by atoms with Crippen molar-refractivity contribution in [2.24, 2.45) is 0 Å². The van der Waals surface area contributed by atoms with E-state index in [1.54, 1.807) is 0 Å². The number of hydrogen-bond donors (Lipinski definition) is 2. The van der Waals surface area contributed by atoms with E-state index < -0.39 is 23.3 Å². The van der Waals surface area contributed by atoms with Crippen molar-refractivity contribution in [3.8, 4) is 5.75 Å². The Labute approximate surface area is 139 Å². The van der Waals surface area contributed by atoms with Gasteiger partial charge in [0.1, 0.15) is 5.75 Å². The molecule has 0 saturated heterocycles. The number of hydrazine groups is 1. The second-order valence-corrected chi connectivity index (χ2v) is 4.62. The minimum absolute atomic E-state index is 0.0184. The van der Waals surface area contributed by atoms with Gasteiger partial charge in [0.2, 0.25) is 0 Å². The van der Waals surface area contributed by atoms with Crippen LogP contribution in [0.1, 0.15) is 20.7 Å². The minimum atomic E-state index is -2.98. The predicted octanol–water partition coefficient (Wildman–Crippen LogP) is 2.27. The lowest BCUT2D eigenvalue weighted by molar-refractivity contribution is -0.384. The molecule has 0 spiro atoms. The fourth-order valence-electron chi connectivity index (χ4n) is 1.81. The Morgan fingerprint density at radius 2 is 1.60 bits per heavy atom. The topological polar surface area (TPSA) is 111 Å². The Morgan fingerprint density at radius 3 is 2.16 bits per heavy atom. The molecule has 130 valence electrons. The maximum atomic E-state index is 12.0. The van der Waals surface area contributed by atoms with Crippen molar-refractivity contribution in [3.05, 3.63) is 69.8 Å². The number of nitrogens with zero attached hydrogens (tertiary/aromatic N) is 1. The number of nitro groups is 1. The summed E-state index contributed by atoms with van der Waals surface area (Å²) in [6.45, 7) is -2.98. The van der Waals surface area contributed by atoms with Gasteiger partial charge in [-0.2, -0.15) is 8.78 Å². The molecule has 0 unspecified atom stereocenters. The lowest BCUT2D eigenvalue weighted by atomic mass is 10.2. The molecule has 0 aliphatic heterocycles. The van der Waals surface area contributed by atoms with Gasteiger partial charge in [-0.05, 0) is 30.3 Å². The van der Waals surface area contributed by atoms with Crippen molar-refractivity contribution >= 4 is 17.5 Å². The number of rotatable bonds is 5. The molecule has 25 heavy (non-hydrogen) atoms. The molecule has 0 heterocycles. The molecule has 0 bridgehead atoms. The molecule has 2 rings (SSSR count). The van der Waals surface area contributed by atoms with E-state index in [9.17, 15) is 28.5 Å². The lowest BCUT2D eigenvalue weighted by Crippen LogP contribution is -2.41. The zero-order valence-corrected chi connectivity index (χ0v) is 12.4. The van der Waals surface area contributed by atoms with Gasteiger partial charge in [0.15, 0.2) is 0 Å². The van der Waals surface area contributed by atoms with Gasteiger partial charge in [-0.1, -0.05) is 6.07 Å². The highest BCUT2D eigenvalue weighted by Crippen LogP contribution is 2.15. The van der Waals surface area contributed by atoms with Crippen molar-refractivity contribution in [1.29, 1.82) is 0 Å². The number of alkyl halides is 2. The lowest BCUT2D eigenvalue weighted by Gasteiger charge is -2.08. The highest BCUT2D eigenvalue weighted by Gasteiger charge is 2.13. The Bertz CT molecular complexity index is 796. The zero-order chi connectivity index (χ0) is 18.4. The van der Waals surface area contributed by atoms with Crippen LogP contribution in [0.2, 0.25) is 0 Å². The molecular formula is C15H11F2N3O5. The second kappa shape index (κ2) is 7.81. The van der Waals surface area contributed by atoms with Crippen LogP contribution in [0.25, 0.3) is 0 Å². The molecule has 0 fully saturated rings. The largest absolute Gasteiger partial charge is 0.435 e. The first-order valence-corrected chi connectivity index (χ1v) is 6.77. The Morgan fingerprint density at radius 1 is 1.00 bits per heavy atom. The fraction of sp³-hybridized carbons (Fsp3) is 0.0667. The maximum absolute atomic E-state index is 12.0. The molecule has 0 saturated carbocycles. The third kappa shape index (κ3) is 4.96. The molecule has 2 N–H and O–H groups in total. The van der Waals surface area contributed by atoms with E-state index in [0.717, 1.165) is 6.07 Å². The first kappa shape index (κ1) is 17.8. The molecule has 0 atom stereocenters. The number of nitrogens with one attached hydrogen (secondary N) is 2. The van der Waals surface area contributed by atoms with Crippen molar-refractivity contribution in [2.75, 3.05) is 0 Å². The van der Waals surface area contributed by atoms with Gasteiger partial charge >= 0.3 is 6.61 Å². The van der Waals surface area contributed by atoms with Crippen LogP contribution in [0.5, 0.6) is 5.75 Å². The van der Waals surface area contributed by atoms with Gasteiger partial charge in [-0.3, -0.25) is 30.6 Å². The molecule has 0 radical (unpaired) electrons. The normalized spacial score (nSPS) is 10.2. The van der Waals surface area contributed by atoms with Crippen LogP contribution in [0.3, 0.4) is 0 Å². The predicted molar refractivity (Wildman–Crippen MR) is 81.1 cm³/mol. The summed E-state index contributed by atoms with van der Waals surface area (Å²) < 4.78 is 28.2. The Kier molecular flexibility index (Phi) is 5.56. The number of ether oxygens (including phenoxy) is 1. The number of amides is 2. The van der Waals surface area contributed by atoms with Gasteiger partial charge in [0, 0.05) is 23.3 Å². The van der Waals surface area contributed by atoms with E-state index in [1.807, 2.05) is 0 Å². The van der Waals surface area contributed by atoms with Crippen LogP contribution in [0, 0.1) is 10.1 Å². The summed E-state index contributed by atoms with van der Waals surface area (Å²) in [6.07, 6.45) is 0. The highest BCUT2D eigenvalue weighted by molar-refractivity contribution is 5.99. The minimum Gasteiger partial charge on any atom is -0.435 e. The summed E-state index contributed by atoms with van der Waals surface area (Å²) in [5.41, 5.74) is 4.00. The molecule has 0 aliphatic rings. The number of benzene rings is 2. The zero-order valence-electron chi connectivity index (χ0n) is 12.4. The van der Waals surface area contributed by atoms with Crippen molar-refractivity contribution in [1.82, 2.24) is 10.9 Å². The van der Waals surface area contributed by atoms with Crippen molar-refractivity contribution < 1.29 is 28.0 Å². The molecule has 0 aromatic heterocycles. The van der Waals surface area contributed by atoms with Gasteiger partial charge in [-0.25, -0.2) is 0 Å². The molecule has 10 heteroatoms. The molecular weight excluding hydrogens is 340 g/mol. The van der Waals surface area contributed by atoms with Crippen molar-refractivity contribution in [3.63, 3.8) is 0 Å².